The van der Waals surface area contributed by atoms with Gasteiger partial charge in [0.25, 0.3) is 0 Å². The van der Waals surface area contributed by atoms with Crippen molar-refractivity contribution in [2.24, 2.45) is 23.1 Å². The molecule has 1 aromatic heterocycles. The average molecular weight is 1450 g/mol. The van der Waals surface area contributed by atoms with Crippen LogP contribution in [-0.2, 0) is 102 Å². The van der Waals surface area contributed by atoms with E-state index in [9.17, 15) is 102 Å². The quantitative estimate of drug-likeness (QED) is 0.0191. The van der Waals surface area contributed by atoms with Gasteiger partial charge >= 0.3 is 23.9 Å². The number of H-pyrrole nitrogens is 1. The smallest absolute Gasteiger partial charge is 0.326 e. The number of nitrogens with two attached hydrogens (primary N) is 3. The van der Waals surface area contributed by atoms with Crippen LogP contribution in [-0.4, -0.2) is 192 Å². The van der Waals surface area contributed by atoms with E-state index in [2.05, 4.69) is 58.2 Å². The monoisotopic (exact) mass is 1450 g/mol. The van der Waals surface area contributed by atoms with Gasteiger partial charge in [-0.05, 0) is 66.1 Å². The van der Waals surface area contributed by atoms with E-state index < -0.39 is 206 Å². The van der Waals surface area contributed by atoms with Crippen molar-refractivity contribution in [2.45, 2.75) is 164 Å². The topological polar surface area (TPSA) is 588 Å². The molecule has 35 heteroatoms. The third-order valence-electron chi connectivity index (χ3n) is 16.5. The number of aromatic nitrogens is 1. The first-order chi connectivity index (χ1) is 49.2. The lowest BCUT2D eigenvalue weighted by atomic mass is 9.96. The summed E-state index contributed by atoms with van der Waals surface area (Å²) in [5, 5.41) is 73.4. The zero-order valence-corrected chi connectivity index (χ0v) is 56.9. The minimum absolute atomic E-state index is 0.110. The lowest BCUT2D eigenvalue weighted by molar-refractivity contribution is -0.143. The van der Waals surface area contributed by atoms with E-state index in [0.29, 0.717) is 33.2 Å². The van der Waals surface area contributed by atoms with E-state index in [-0.39, 0.29) is 44.3 Å². The number of carbonyl (C=O) groups is 16. The molecule has 0 saturated heterocycles. The Labute approximate surface area is 594 Å². The normalized spacial score (nSPS) is 14.5. The van der Waals surface area contributed by atoms with E-state index >= 15 is 0 Å². The van der Waals surface area contributed by atoms with Gasteiger partial charge in [-0.2, -0.15) is 0 Å². The van der Waals surface area contributed by atoms with Crippen LogP contribution in [0.25, 0.3) is 10.9 Å². The number of aromatic hydroxyl groups is 1. The summed E-state index contributed by atoms with van der Waals surface area (Å²) in [6, 6.07) is 9.49. The molecule has 5 rings (SSSR count). The Bertz CT molecular complexity index is 3910. The van der Waals surface area contributed by atoms with Crippen LogP contribution in [0.1, 0.15) is 94.4 Å². The number of aliphatic carboxylic acids is 4. The minimum Gasteiger partial charge on any atom is -0.508 e. The van der Waals surface area contributed by atoms with Gasteiger partial charge in [0.2, 0.25) is 70.9 Å². The summed E-state index contributed by atoms with van der Waals surface area (Å²) in [4.78, 5) is 217. The predicted octanol–water partition coefficient (Wildman–Crippen LogP) is -2.57. The molecule has 1 heterocycles. The Morgan fingerprint density at radius 2 is 0.817 bits per heavy atom. The third-order valence-corrected chi connectivity index (χ3v) is 16.5. The molecule has 5 aromatic rings. The zero-order chi connectivity index (χ0) is 76.9. The van der Waals surface area contributed by atoms with Gasteiger partial charge < -0.3 is 101 Å². The number of carbonyl (C=O) groups excluding carboxylic acids is 12. The standard InChI is InChI=1S/C69H86N14O21/c1-4-35(2)58(68(102)82-52(69(103)104)29-39-19-21-41(84)22-20-39)83-67(101)51(33-57(91)92)81-66(100)49(31-54(72)86)76-59(93)36(3)74-62(96)50(32-56(89)90)80-65(99)48(30-40-34-73-44-18-12-11-17-42(40)44)79-64(98)47(28-38-15-9-6-10-16-38)78-63(97)46(27-37-13-7-5-8-14-37)77-61(95)45(24-26-55(87)88)75-60(94)43(70)23-25-53(71)85/h5-22,34-36,43,45-52,58,73,84H,4,23-33,70H2,1-3H3,(H2,71,85)(H2,72,86)(H,74,96)(H,75,94)(H,76,93)(H,77,95)(H,78,97)(H,79,98)(H,80,99)(H,81,100)(H,82,102)(H,83,101)(H,87,88)(H,89,90)(H,91,92)(H,103,104)/t35-,36-,43-,45-,46-,47-,48-,49-,50-,51-,52-,58-/m0/s1. The van der Waals surface area contributed by atoms with Gasteiger partial charge in [-0.15, -0.1) is 0 Å². The number of para-hydroxylation sites is 1. The van der Waals surface area contributed by atoms with Crippen LogP contribution in [0.15, 0.2) is 115 Å². The number of carboxylic acid groups (broad SMARTS) is 4. The molecule has 12 amide bonds. The summed E-state index contributed by atoms with van der Waals surface area (Å²) in [5.74, 6) is -20.6. The molecule has 0 aliphatic carbocycles. The molecule has 0 radical (unpaired) electrons. The average Bonchev–Trinajstić information content (AvgIpc) is 1.56. The van der Waals surface area contributed by atoms with E-state index in [1.165, 1.54) is 37.4 Å². The zero-order valence-electron chi connectivity index (χ0n) is 56.9. The van der Waals surface area contributed by atoms with Crippen molar-refractivity contribution in [2.75, 3.05) is 0 Å². The fourth-order valence-corrected chi connectivity index (χ4v) is 10.6. The third kappa shape index (κ3) is 27.0. The number of fused-ring (bicyclic) bond motifs is 1. The van der Waals surface area contributed by atoms with Crippen molar-refractivity contribution in [3.63, 3.8) is 0 Å². The van der Waals surface area contributed by atoms with Gasteiger partial charge in [-0.25, -0.2) is 4.79 Å². The van der Waals surface area contributed by atoms with E-state index in [1.807, 2.05) is 0 Å². The molecule has 558 valence electrons. The summed E-state index contributed by atoms with van der Waals surface area (Å²) < 4.78 is 0. The molecule has 0 bridgehead atoms. The van der Waals surface area contributed by atoms with Gasteiger partial charge in [-0.1, -0.05) is 111 Å². The van der Waals surface area contributed by atoms with Crippen LogP contribution >= 0.6 is 0 Å². The number of primary amides is 2. The predicted molar refractivity (Wildman–Crippen MR) is 368 cm³/mol. The number of nitrogens with one attached hydrogen (secondary N) is 11. The van der Waals surface area contributed by atoms with E-state index in [4.69, 9.17) is 17.2 Å². The van der Waals surface area contributed by atoms with Crippen molar-refractivity contribution in [1.29, 1.82) is 0 Å². The Kier molecular flexibility index (Phi) is 31.9. The summed E-state index contributed by atoms with van der Waals surface area (Å²) >= 11 is 0. The summed E-state index contributed by atoms with van der Waals surface area (Å²) in [6.07, 6.45) is -4.54. The van der Waals surface area contributed by atoms with Crippen molar-refractivity contribution in [3.05, 3.63) is 138 Å². The lowest BCUT2D eigenvalue weighted by Gasteiger charge is -2.28. The van der Waals surface area contributed by atoms with E-state index in [1.54, 1.807) is 91.9 Å². The summed E-state index contributed by atoms with van der Waals surface area (Å²) in [7, 11) is 0. The number of hydrogen-bond donors (Lipinski definition) is 19. The highest BCUT2D eigenvalue weighted by Gasteiger charge is 2.38. The molecule has 0 aliphatic heterocycles. The SMILES string of the molecule is CC[C@H](C)[C@H](NC(=O)[C@H](CC(=O)O)NC(=O)[C@H](CC(N)=O)NC(=O)[C@H](C)NC(=O)[C@H](CC(=O)O)NC(=O)[C@H](Cc1c[nH]c2ccccc12)NC(=O)[C@H](Cc1ccccc1)NC(=O)[C@H](Cc1ccccc1)NC(=O)[C@H](CCC(=O)O)NC(=O)[C@@H](N)CCC(N)=O)C(=O)N[C@@H](Cc1ccc(O)cc1)C(=O)O. The maximum atomic E-state index is 15.0. The highest BCUT2D eigenvalue weighted by atomic mass is 16.4. The summed E-state index contributed by atoms with van der Waals surface area (Å²) in [5.41, 5.74) is 18.9. The number of phenols is 1. The molecule has 0 fully saturated rings. The molecule has 0 aliphatic rings. The first kappa shape index (κ1) is 82.4. The van der Waals surface area contributed by atoms with Crippen LogP contribution < -0.4 is 70.4 Å². The van der Waals surface area contributed by atoms with Gasteiger partial charge in [0.1, 0.15) is 66.2 Å². The van der Waals surface area contributed by atoms with Crippen LogP contribution in [0.2, 0.25) is 0 Å². The molecule has 12 atom stereocenters. The van der Waals surface area contributed by atoms with Crippen LogP contribution in [0, 0.1) is 5.92 Å². The number of amides is 12. The maximum absolute atomic E-state index is 15.0. The molecule has 4 aromatic carbocycles. The highest BCUT2D eigenvalue weighted by molar-refractivity contribution is 6.01. The van der Waals surface area contributed by atoms with Gasteiger partial charge in [-0.3, -0.25) is 71.9 Å². The van der Waals surface area contributed by atoms with Gasteiger partial charge in [0, 0.05) is 55.6 Å². The second-order valence-corrected chi connectivity index (χ2v) is 24.7. The Morgan fingerprint density at radius 3 is 1.31 bits per heavy atom. The molecule has 0 unspecified atom stereocenters. The van der Waals surface area contributed by atoms with Crippen molar-refractivity contribution in [3.8, 4) is 5.75 Å². The van der Waals surface area contributed by atoms with E-state index in [0.717, 1.165) is 6.92 Å². The number of aromatic amines is 1. The van der Waals surface area contributed by atoms with Crippen molar-refractivity contribution >= 4 is 106 Å². The second-order valence-electron chi connectivity index (χ2n) is 24.7. The number of phenolic OH excluding ortho intramolecular Hbond substituents is 1. The van der Waals surface area contributed by atoms with Crippen molar-refractivity contribution in [1.82, 2.24) is 58.2 Å². The largest absolute Gasteiger partial charge is 0.508 e. The van der Waals surface area contributed by atoms with Crippen LogP contribution in [0.3, 0.4) is 0 Å². The van der Waals surface area contributed by atoms with Gasteiger partial charge in [0.05, 0.1) is 25.3 Å². The number of carboxylic acids is 4. The number of rotatable bonds is 43. The fourth-order valence-electron chi connectivity index (χ4n) is 10.6. The lowest BCUT2D eigenvalue weighted by Crippen LogP contribution is -2.61. The first-order valence-electron chi connectivity index (χ1n) is 32.9. The molecule has 35 nitrogen and oxygen atoms in total. The number of hydrogen-bond acceptors (Lipinski definition) is 18. The molecule has 0 spiro atoms. The van der Waals surface area contributed by atoms with Crippen LogP contribution in [0.4, 0.5) is 0 Å². The molecule has 0 saturated carbocycles. The molecular formula is C69H86N14O21. The second kappa shape index (κ2) is 40.2. The van der Waals surface area contributed by atoms with Crippen molar-refractivity contribution < 1.29 is 102 Å². The highest BCUT2D eigenvalue weighted by Crippen LogP contribution is 2.21. The van der Waals surface area contributed by atoms with Crippen LogP contribution in [0.5, 0.6) is 5.75 Å². The Morgan fingerprint density at radius 1 is 0.404 bits per heavy atom. The molecule has 104 heavy (non-hydrogen) atoms. The Balaban J connectivity index is 1.40. The Hall–Kier alpha value is -12.3. The molecular weight excluding hydrogens is 1360 g/mol. The summed E-state index contributed by atoms with van der Waals surface area (Å²) in [6.45, 7) is 4.17. The molecule has 22 N–H and O–H groups in total. The van der Waals surface area contributed by atoms with Gasteiger partial charge in [0.15, 0.2) is 0 Å². The maximum Gasteiger partial charge on any atom is 0.326 e. The fraction of sp³-hybridized carbons (Fsp3) is 0.391. The minimum atomic E-state index is -2.08. The number of benzene rings is 4. The first-order valence-corrected chi connectivity index (χ1v) is 32.9.